The van der Waals surface area contributed by atoms with E-state index in [1.165, 1.54) is 27.4 Å². The summed E-state index contributed by atoms with van der Waals surface area (Å²) in [6.45, 7) is -0.315. The second-order valence-corrected chi connectivity index (χ2v) is 6.32. The second-order valence-electron chi connectivity index (χ2n) is 6.32. The molecule has 0 aromatic heterocycles. The molecule has 8 nitrogen and oxygen atoms in total. The van der Waals surface area contributed by atoms with Crippen molar-refractivity contribution in [2.75, 3.05) is 27.9 Å². The molecule has 0 radical (unpaired) electrons. The number of benzene rings is 1. The summed E-state index contributed by atoms with van der Waals surface area (Å²) in [4.78, 5) is 36.4. The first-order valence-corrected chi connectivity index (χ1v) is 8.74. The highest BCUT2D eigenvalue weighted by atomic mass is 16.6. The number of ether oxygens (including phenoxy) is 4. The molecular weight excluding hydrogens is 354 g/mol. The molecule has 1 amide bonds. The highest BCUT2D eigenvalue weighted by Crippen LogP contribution is 2.31. The number of rotatable bonds is 7. The zero-order valence-electron chi connectivity index (χ0n) is 15.8. The molecule has 1 aromatic rings. The van der Waals surface area contributed by atoms with E-state index in [-0.39, 0.29) is 17.9 Å². The van der Waals surface area contributed by atoms with Crippen LogP contribution in [0.3, 0.4) is 0 Å². The van der Waals surface area contributed by atoms with Crippen molar-refractivity contribution in [3.8, 4) is 11.5 Å². The van der Waals surface area contributed by atoms with Crippen molar-refractivity contribution in [1.29, 1.82) is 0 Å². The average Bonchev–Trinajstić information content (AvgIpc) is 2.71. The molecule has 0 unspecified atom stereocenters. The Kier molecular flexibility index (Phi) is 7.04. The van der Waals surface area contributed by atoms with Gasteiger partial charge >= 0.3 is 11.9 Å². The maximum Gasteiger partial charge on any atom is 0.343 e. The summed E-state index contributed by atoms with van der Waals surface area (Å²) in [5.41, 5.74) is -0.735. The Morgan fingerprint density at radius 3 is 2.30 bits per heavy atom. The maximum absolute atomic E-state index is 12.8. The molecule has 0 heterocycles. The van der Waals surface area contributed by atoms with Crippen LogP contribution in [-0.4, -0.2) is 51.3 Å². The van der Waals surface area contributed by atoms with Gasteiger partial charge < -0.3 is 24.3 Å². The monoisotopic (exact) mass is 379 g/mol. The van der Waals surface area contributed by atoms with Crippen LogP contribution >= 0.6 is 0 Å². The molecule has 1 N–H and O–H groups in total. The minimum absolute atomic E-state index is 0.228. The van der Waals surface area contributed by atoms with Crippen molar-refractivity contribution in [3.63, 3.8) is 0 Å². The molecule has 2 rings (SSSR count). The highest BCUT2D eigenvalue weighted by Gasteiger charge is 2.42. The Morgan fingerprint density at radius 2 is 1.70 bits per heavy atom. The van der Waals surface area contributed by atoms with E-state index in [9.17, 15) is 14.4 Å². The molecule has 148 valence electrons. The first-order valence-electron chi connectivity index (χ1n) is 8.74. The minimum Gasteiger partial charge on any atom is -0.493 e. The van der Waals surface area contributed by atoms with Gasteiger partial charge in [-0.1, -0.05) is 19.3 Å². The maximum atomic E-state index is 12.8. The van der Waals surface area contributed by atoms with E-state index in [1.54, 1.807) is 12.1 Å². The quantitative estimate of drug-likeness (QED) is 0.722. The van der Waals surface area contributed by atoms with Crippen molar-refractivity contribution in [3.05, 3.63) is 23.8 Å². The summed E-state index contributed by atoms with van der Waals surface area (Å²) in [6.07, 6.45) is 3.76. The molecule has 0 spiro atoms. The second kappa shape index (κ2) is 9.25. The van der Waals surface area contributed by atoms with Crippen molar-refractivity contribution >= 4 is 17.8 Å². The summed E-state index contributed by atoms with van der Waals surface area (Å²) in [5.74, 6) is -0.819. The van der Waals surface area contributed by atoms with Gasteiger partial charge in [0.2, 0.25) is 0 Å². The standard InChI is InChI=1S/C19H25NO7/c1-24-14-8-7-13(11-15(14)27-12-16(21)25-2)17(22)20-19(18(23)26-3)9-5-4-6-10-19/h7-8,11H,4-6,9-10,12H2,1-3H3,(H,20,22). The van der Waals surface area contributed by atoms with Crippen LogP contribution in [0, 0.1) is 0 Å². The molecule has 0 atom stereocenters. The molecule has 1 saturated carbocycles. The summed E-state index contributed by atoms with van der Waals surface area (Å²) < 4.78 is 20.0. The predicted octanol–water partition coefficient (Wildman–Crippen LogP) is 1.85. The lowest BCUT2D eigenvalue weighted by Gasteiger charge is -2.35. The third-order valence-electron chi connectivity index (χ3n) is 4.64. The number of carbonyl (C=O) groups excluding carboxylic acids is 3. The van der Waals surface area contributed by atoms with Gasteiger partial charge in [-0.25, -0.2) is 9.59 Å². The van der Waals surface area contributed by atoms with E-state index in [2.05, 4.69) is 10.1 Å². The Labute approximate surface area is 158 Å². The fraction of sp³-hybridized carbons (Fsp3) is 0.526. The fourth-order valence-electron chi connectivity index (χ4n) is 3.15. The SMILES string of the molecule is COC(=O)COc1cc(C(=O)NC2(C(=O)OC)CCCCC2)ccc1OC. The Bertz CT molecular complexity index is 695. The number of hydrogen-bond acceptors (Lipinski definition) is 7. The Hall–Kier alpha value is -2.77. The number of esters is 2. The van der Waals surface area contributed by atoms with Crippen LogP contribution in [0.25, 0.3) is 0 Å². The lowest BCUT2D eigenvalue weighted by Crippen LogP contribution is -2.56. The van der Waals surface area contributed by atoms with E-state index >= 15 is 0 Å². The van der Waals surface area contributed by atoms with E-state index in [0.29, 0.717) is 18.6 Å². The molecule has 1 fully saturated rings. The van der Waals surface area contributed by atoms with Crippen LogP contribution in [0.2, 0.25) is 0 Å². The molecule has 27 heavy (non-hydrogen) atoms. The summed E-state index contributed by atoms with van der Waals surface area (Å²) in [5, 5.41) is 2.84. The molecule has 8 heteroatoms. The van der Waals surface area contributed by atoms with Crippen molar-refractivity contribution in [2.45, 2.75) is 37.6 Å². The summed E-state index contributed by atoms with van der Waals surface area (Å²) in [7, 11) is 4.02. The first-order chi connectivity index (χ1) is 13.0. The number of carbonyl (C=O) groups is 3. The van der Waals surface area contributed by atoms with Crippen molar-refractivity contribution in [2.24, 2.45) is 0 Å². The van der Waals surface area contributed by atoms with Gasteiger partial charge in [-0.05, 0) is 31.0 Å². The van der Waals surface area contributed by atoms with Gasteiger partial charge in [0.1, 0.15) is 5.54 Å². The van der Waals surface area contributed by atoms with Gasteiger partial charge in [-0.3, -0.25) is 4.79 Å². The van der Waals surface area contributed by atoms with Crippen LogP contribution in [0.15, 0.2) is 18.2 Å². The zero-order chi connectivity index (χ0) is 19.9. The van der Waals surface area contributed by atoms with Crippen LogP contribution in [0.1, 0.15) is 42.5 Å². The molecule has 0 saturated heterocycles. The van der Waals surface area contributed by atoms with E-state index in [1.807, 2.05) is 0 Å². The molecule has 1 aromatic carbocycles. The lowest BCUT2D eigenvalue weighted by molar-refractivity contribution is -0.149. The zero-order valence-corrected chi connectivity index (χ0v) is 15.8. The van der Waals surface area contributed by atoms with Gasteiger partial charge in [-0.15, -0.1) is 0 Å². The third-order valence-corrected chi connectivity index (χ3v) is 4.64. The van der Waals surface area contributed by atoms with Crippen LogP contribution in [0.5, 0.6) is 11.5 Å². The van der Waals surface area contributed by atoms with Crippen LogP contribution in [-0.2, 0) is 19.1 Å². The fourth-order valence-corrected chi connectivity index (χ4v) is 3.15. The Morgan fingerprint density at radius 1 is 1.00 bits per heavy atom. The number of nitrogens with one attached hydrogen (secondary N) is 1. The average molecular weight is 379 g/mol. The van der Waals surface area contributed by atoms with Crippen molar-refractivity contribution < 1.29 is 33.3 Å². The van der Waals surface area contributed by atoms with Gasteiger partial charge in [0.25, 0.3) is 5.91 Å². The smallest absolute Gasteiger partial charge is 0.343 e. The lowest BCUT2D eigenvalue weighted by atomic mass is 9.81. The minimum atomic E-state index is -1.02. The number of methoxy groups -OCH3 is 3. The predicted molar refractivity (Wildman–Crippen MR) is 95.8 cm³/mol. The van der Waals surface area contributed by atoms with Gasteiger partial charge in [0.05, 0.1) is 21.3 Å². The third kappa shape index (κ3) is 4.90. The number of amides is 1. The topological polar surface area (TPSA) is 100 Å². The number of hydrogen-bond donors (Lipinski definition) is 1. The Balaban J connectivity index is 2.21. The largest absolute Gasteiger partial charge is 0.493 e. The molecule has 0 aliphatic heterocycles. The van der Waals surface area contributed by atoms with Crippen LogP contribution in [0.4, 0.5) is 0 Å². The summed E-state index contributed by atoms with van der Waals surface area (Å²) >= 11 is 0. The van der Waals surface area contributed by atoms with E-state index in [4.69, 9.17) is 14.2 Å². The van der Waals surface area contributed by atoms with Crippen LogP contribution < -0.4 is 14.8 Å². The molecule has 1 aliphatic rings. The van der Waals surface area contributed by atoms with Gasteiger partial charge in [0.15, 0.2) is 18.1 Å². The summed E-state index contributed by atoms with van der Waals surface area (Å²) in [6, 6.07) is 4.59. The highest BCUT2D eigenvalue weighted by molar-refractivity contribution is 5.98. The molecular formula is C19H25NO7. The normalized spacial score (nSPS) is 15.4. The van der Waals surface area contributed by atoms with E-state index < -0.39 is 23.4 Å². The van der Waals surface area contributed by atoms with Gasteiger partial charge in [0, 0.05) is 5.56 Å². The molecule has 1 aliphatic carbocycles. The first kappa shape index (κ1) is 20.5. The van der Waals surface area contributed by atoms with E-state index in [0.717, 1.165) is 19.3 Å². The van der Waals surface area contributed by atoms with Gasteiger partial charge in [-0.2, -0.15) is 0 Å². The molecule has 0 bridgehead atoms. The van der Waals surface area contributed by atoms with Crippen molar-refractivity contribution in [1.82, 2.24) is 5.32 Å².